The van der Waals surface area contributed by atoms with Gasteiger partial charge in [0.25, 0.3) is 0 Å². The molecule has 3 rings (SSSR count). The van der Waals surface area contributed by atoms with E-state index in [4.69, 9.17) is 5.11 Å². The lowest BCUT2D eigenvalue weighted by Crippen LogP contribution is -2.03. The predicted molar refractivity (Wildman–Crippen MR) is 71.6 cm³/mol. The number of rotatable bonds is 1. The number of aromatic amines is 1. The molecule has 0 unspecified atom stereocenters. The normalized spacial score (nSPS) is 10.9. The van der Waals surface area contributed by atoms with Crippen LogP contribution in [-0.2, 0) is 0 Å². The van der Waals surface area contributed by atoms with Gasteiger partial charge in [-0.3, -0.25) is 4.79 Å². The number of phenols is 1. The lowest BCUT2D eigenvalue weighted by Gasteiger charge is -2.05. The highest BCUT2D eigenvalue weighted by molar-refractivity contribution is 5.81. The monoisotopic (exact) mass is 273 g/mol. The largest absolute Gasteiger partial charge is 0.505 e. The zero-order chi connectivity index (χ0) is 14.3. The van der Waals surface area contributed by atoms with E-state index in [0.717, 1.165) is 6.07 Å². The van der Waals surface area contributed by atoms with Gasteiger partial charge in [0.1, 0.15) is 5.82 Å². The smallest absolute Gasteiger partial charge is 0.190 e. The Balaban J connectivity index is 2.26. The van der Waals surface area contributed by atoms with Gasteiger partial charge >= 0.3 is 0 Å². The molecule has 0 aliphatic carbocycles. The van der Waals surface area contributed by atoms with E-state index in [-0.39, 0.29) is 5.43 Å². The van der Waals surface area contributed by atoms with Crippen molar-refractivity contribution in [3.05, 3.63) is 64.3 Å². The number of hydrogen-bond acceptors (Lipinski definition) is 2. The summed E-state index contributed by atoms with van der Waals surface area (Å²) in [4.78, 5) is 14.8. The van der Waals surface area contributed by atoms with E-state index < -0.39 is 17.4 Å². The van der Waals surface area contributed by atoms with E-state index >= 15 is 0 Å². The van der Waals surface area contributed by atoms with Gasteiger partial charge in [-0.05, 0) is 36.4 Å². The lowest BCUT2D eigenvalue weighted by molar-refractivity contribution is 0.432. The van der Waals surface area contributed by atoms with Crippen molar-refractivity contribution in [2.75, 3.05) is 0 Å². The summed E-state index contributed by atoms with van der Waals surface area (Å²) in [6.07, 6.45) is 0. The molecule has 0 aliphatic rings. The van der Waals surface area contributed by atoms with Gasteiger partial charge in [0, 0.05) is 22.7 Å². The maximum Gasteiger partial charge on any atom is 0.190 e. The van der Waals surface area contributed by atoms with Crippen LogP contribution in [0.25, 0.3) is 22.2 Å². The number of halogens is 2. The first-order valence-electron chi connectivity index (χ1n) is 5.86. The zero-order valence-electron chi connectivity index (χ0n) is 10.2. The van der Waals surface area contributed by atoms with Gasteiger partial charge in [-0.15, -0.1) is 0 Å². The number of aromatic nitrogens is 1. The zero-order valence-corrected chi connectivity index (χ0v) is 10.2. The van der Waals surface area contributed by atoms with Crippen molar-refractivity contribution in [2.24, 2.45) is 0 Å². The first kappa shape index (κ1) is 12.3. The van der Waals surface area contributed by atoms with E-state index in [9.17, 15) is 13.6 Å². The maximum atomic E-state index is 13.3. The minimum Gasteiger partial charge on any atom is -0.505 e. The molecule has 3 aromatic rings. The van der Waals surface area contributed by atoms with Crippen LogP contribution in [-0.4, -0.2) is 10.1 Å². The molecule has 100 valence electrons. The van der Waals surface area contributed by atoms with Crippen LogP contribution in [0.2, 0.25) is 0 Å². The van der Waals surface area contributed by atoms with Gasteiger partial charge < -0.3 is 10.1 Å². The molecule has 0 radical (unpaired) electrons. The van der Waals surface area contributed by atoms with E-state index in [1.807, 2.05) is 0 Å². The summed E-state index contributed by atoms with van der Waals surface area (Å²) in [5, 5.41) is 9.51. The molecule has 20 heavy (non-hydrogen) atoms. The molecule has 2 aromatic carbocycles. The van der Waals surface area contributed by atoms with E-state index in [2.05, 4.69) is 4.98 Å². The second kappa shape index (κ2) is 4.45. The van der Waals surface area contributed by atoms with Crippen LogP contribution >= 0.6 is 0 Å². The molecule has 0 saturated heterocycles. The average Bonchev–Trinajstić information content (AvgIpc) is 2.41. The molecular weight excluding hydrogens is 264 g/mol. The predicted octanol–water partition coefficient (Wildman–Crippen LogP) is 3.18. The number of aromatic hydroxyl groups is 1. The van der Waals surface area contributed by atoms with Crippen molar-refractivity contribution in [2.45, 2.75) is 0 Å². The van der Waals surface area contributed by atoms with Crippen LogP contribution in [0.15, 0.2) is 47.3 Å². The lowest BCUT2D eigenvalue weighted by atomic mass is 10.1. The molecule has 5 heteroatoms. The van der Waals surface area contributed by atoms with Crippen LogP contribution in [0.5, 0.6) is 5.75 Å². The summed E-state index contributed by atoms with van der Waals surface area (Å²) < 4.78 is 26.5. The van der Waals surface area contributed by atoms with Crippen molar-refractivity contribution >= 4 is 10.9 Å². The Morgan fingerprint density at radius 1 is 1.00 bits per heavy atom. The number of hydrogen-bond donors (Lipinski definition) is 2. The van der Waals surface area contributed by atoms with Crippen LogP contribution < -0.4 is 5.43 Å². The van der Waals surface area contributed by atoms with Crippen molar-refractivity contribution in [1.82, 2.24) is 4.98 Å². The Morgan fingerprint density at radius 2 is 1.80 bits per heavy atom. The molecular formula is C15H9F2NO2. The van der Waals surface area contributed by atoms with Crippen molar-refractivity contribution < 1.29 is 13.9 Å². The fraction of sp³-hybridized carbons (Fsp3) is 0. The fourth-order valence-electron chi connectivity index (χ4n) is 2.05. The quantitative estimate of drug-likeness (QED) is 0.715. The van der Waals surface area contributed by atoms with Crippen LogP contribution in [0.1, 0.15) is 0 Å². The summed E-state index contributed by atoms with van der Waals surface area (Å²) in [5.74, 6) is -1.73. The molecule has 0 spiro atoms. The summed E-state index contributed by atoms with van der Waals surface area (Å²) >= 11 is 0. The molecule has 0 fully saturated rings. The Bertz CT molecular complexity index is 871. The molecule has 1 heterocycles. The molecule has 0 amide bonds. The van der Waals surface area contributed by atoms with Crippen LogP contribution in [0.4, 0.5) is 8.78 Å². The first-order chi connectivity index (χ1) is 9.54. The minimum atomic E-state index is -0.789. The van der Waals surface area contributed by atoms with Crippen molar-refractivity contribution in [3.8, 4) is 17.0 Å². The molecule has 1 aromatic heterocycles. The third-order valence-corrected chi connectivity index (χ3v) is 3.05. The van der Waals surface area contributed by atoms with Gasteiger partial charge in [-0.2, -0.15) is 0 Å². The Morgan fingerprint density at radius 3 is 2.55 bits per heavy atom. The van der Waals surface area contributed by atoms with Crippen LogP contribution in [0.3, 0.4) is 0 Å². The minimum absolute atomic E-state index is 0.290. The number of phenolic OH excluding ortho intramolecular Hbond substituents is 1. The Labute approximate surface area is 112 Å². The number of fused-ring (bicyclic) bond motifs is 1. The van der Waals surface area contributed by atoms with E-state index in [1.54, 1.807) is 0 Å². The number of pyridine rings is 1. The Hall–Kier alpha value is -2.69. The van der Waals surface area contributed by atoms with Gasteiger partial charge in [-0.25, -0.2) is 8.78 Å². The second-order valence-electron chi connectivity index (χ2n) is 4.40. The topological polar surface area (TPSA) is 53.1 Å². The summed E-state index contributed by atoms with van der Waals surface area (Å²) in [5.41, 5.74) is 0.791. The summed E-state index contributed by atoms with van der Waals surface area (Å²) in [6, 6.07) is 8.88. The highest BCUT2D eigenvalue weighted by atomic mass is 19.1. The van der Waals surface area contributed by atoms with E-state index in [0.29, 0.717) is 22.2 Å². The summed E-state index contributed by atoms with van der Waals surface area (Å²) in [7, 11) is 0. The maximum absolute atomic E-state index is 13.3. The first-order valence-corrected chi connectivity index (χ1v) is 5.86. The highest BCUT2D eigenvalue weighted by Crippen LogP contribution is 2.24. The molecule has 0 bridgehead atoms. The van der Waals surface area contributed by atoms with Gasteiger partial charge in [0.2, 0.25) is 0 Å². The van der Waals surface area contributed by atoms with Crippen molar-refractivity contribution in [3.63, 3.8) is 0 Å². The van der Waals surface area contributed by atoms with Crippen molar-refractivity contribution in [1.29, 1.82) is 0 Å². The molecule has 0 saturated carbocycles. The van der Waals surface area contributed by atoms with Crippen LogP contribution in [0, 0.1) is 11.6 Å². The number of nitrogens with one attached hydrogen (secondary N) is 1. The number of benzene rings is 2. The third-order valence-electron chi connectivity index (χ3n) is 3.05. The second-order valence-corrected chi connectivity index (χ2v) is 4.40. The summed E-state index contributed by atoms with van der Waals surface area (Å²) in [6.45, 7) is 0. The standard InChI is InChI=1S/C15H9F2NO2/c16-9-2-3-10-13(6-9)18-12(7-15(10)20)8-1-4-14(19)11(17)5-8/h1-7,19H,(H,18,20). The molecule has 2 N–H and O–H groups in total. The van der Waals surface area contributed by atoms with E-state index in [1.165, 1.54) is 36.4 Å². The van der Waals surface area contributed by atoms with Gasteiger partial charge in [-0.1, -0.05) is 0 Å². The highest BCUT2D eigenvalue weighted by Gasteiger charge is 2.08. The van der Waals surface area contributed by atoms with Gasteiger partial charge in [0.05, 0.1) is 5.52 Å². The fourth-order valence-corrected chi connectivity index (χ4v) is 2.05. The Kier molecular flexibility index (Phi) is 2.75. The van der Waals surface area contributed by atoms with Gasteiger partial charge in [0.15, 0.2) is 17.0 Å². The SMILES string of the molecule is O=c1cc(-c2ccc(O)c(F)c2)[nH]c2cc(F)ccc12. The third kappa shape index (κ3) is 2.03. The molecule has 0 atom stereocenters. The number of H-pyrrole nitrogens is 1. The average molecular weight is 273 g/mol. The molecule has 3 nitrogen and oxygen atoms in total. The molecule has 0 aliphatic heterocycles.